The first kappa shape index (κ1) is 14.7. The molecule has 1 N–H and O–H groups in total. The zero-order valence-electron chi connectivity index (χ0n) is 11.7. The maximum absolute atomic E-state index is 11.1. The molecule has 0 bridgehead atoms. The summed E-state index contributed by atoms with van der Waals surface area (Å²) >= 11 is 0. The first-order chi connectivity index (χ1) is 10.2. The smallest absolute Gasteiger partial charge is 0.410 e. The number of nitrogens with one attached hydrogen (secondary N) is 1. The Morgan fingerprint density at radius 2 is 2.00 bits per heavy atom. The second-order valence-corrected chi connectivity index (χ2v) is 4.38. The summed E-state index contributed by atoms with van der Waals surface area (Å²) < 4.78 is 5.02. The van der Waals surface area contributed by atoms with Crippen molar-refractivity contribution < 1.29 is 14.3 Å². The monoisotopic (exact) mass is 284 g/mol. The molecule has 5 nitrogen and oxygen atoms in total. The number of pyridine rings is 1. The lowest BCUT2D eigenvalue weighted by molar-refractivity contribution is -0.107. The van der Waals surface area contributed by atoms with Gasteiger partial charge in [0, 0.05) is 24.7 Å². The number of rotatable bonds is 5. The Bertz CT molecular complexity index is 624. The molecule has 0 fully saturated rings. The first-order valence-corrected chi connectivity index (χ1v) is 6.62. The molecule has 1 heterocycles. The second kappa shape index (κ2) is 7.19. The lowest BCUT2D eigenvalue weighted by Gasteiger charge is -2.06. The highest BCUT2D eigenvalue weighted by atomic mass is 16.5. The highest BCUT2D eigenvalue weighted by molar-refractivity contribution is 5.70. The van der Waals surface area contributed by atoms with Gasteiger partial charge in [0.2, 0.25) is 0 Å². The van der Waals surface area contributed by atoms with Crippen LogP contribution < -0.4 is 10.1 Å². The predicted octanol–water partition coefficient (Wildman–Crippen LogP) is 2.60. The van der Waals surface area contributed by atoms with Crippen molar-refractivity contribution in [1.82, 2.24) is 10.3 Å². The molecule has 0 radical (unpaired) electrons. The quantitative estimate of drug-likeness (QED) is 0.857. The Morgan fingerprint density at radius 3 is 2.67 bits per heavy atom. The molecule has 1 aromatic heterocycles. The SMILES string of the molecule is CNC(=O)Oc1ccc(-c2cccc(CCC=O)n2)cc1. The Balaban J connectivity index is 2.14. The van der Waals surface area contributed by atoms with E-state index in [0.717, 1.165) is 23.2 Å². The summed E-state index contributed by atoms with van der Waals surface area (Å²) in [6.07, 6.45) is 1.49. The third kappa shape index (κ3) is 4.14. The number of aldehydes is 1. The van der Waals surface area contributed by atoms with Crippen LogP contribution in [0.4, 0.5) is 4.79 Å². The maximum atomic E-state index is 11.1. The third-order valence-corrected chi connectivity index (χ3v) is 2.89. The van der Waals surface area contributed by atoms with Crippen molar-refractivity contribution in [1.29, 1.82) is 0 Å². The lowest BCUT2D eigenvalue weighted by atomic mass is 10.1. The van der Waals surface area contributed by atoms with Crippen LogP contribution >= 0.6 is 0 Å². The van der Waals surface area contributed by atoms with Crippen LogP contribution in [0.2, 0.25) is 0 Å². The van der Waals surface area contributed by atoms with Crippen molar-refractivity contribution in [3.05, 3.63) is 48.2 Å². The number of nitrogens with zero attached hydrogens (tertiary/aromatic N) is 1. The molecule has 0 saturated heterocycles. The molecule has 1 aromatic carbocycles. The number of carbonyl (C=O) groups excluding carboxylic acids is 2. The molecule has 0 unspecified atom stereocenters. The molecule has 2 rings (SSSR count). The van der Waals surface area contributed by atoms with E-state index >= 15 is 0 Å². The second-order valence-electron chi connectivity index (χ2n) is 4.38. The number of hydrogen-bond donors (Lipinski definition) is 1. The van der Waals surface area contributed by atoms with Gasteiger partial charge in [0.05, 0.1) is 5.69 Å². The molecule has 2 aromatic rings. The van der Waals surface area contributed by atoms with Crippen molar-refractivity contribution in [2.75, 3.05) is 7.05 Å². The largest absolute Gasteiger partial charge is 0.412 e. The fourth-order valence-electron chi connectivity index (χ4n) is 1.84. The molecule has 0 atom stereocenters. The predicted molar refractivity (Wildman–Crippen MR) is 79.1 cm³/mol. The van der Waals surface area contributed by atoms with Gasteiger partial charge in [-0.3, -0.25) is 4.98 Å². The average molecular weight is 284 g/mol. The van der Waals surface area contributed by atoms with Gasteiger partial charge >= 0.3 is 6.09 Å². The molecule has 108 valence electrons. The number of amides is 1. The van der Waals surface area contributed by atoms with Crippen molar-refractivity contribution in [3.63, 3.8) is 0 Å². The van der Waals surface area contributed by atoms with E-state index in [2.05, 4.69) is 10.3 Å². The number of aryl methyl sites for hydroxylation is 1. The standard InChI is InChI=1S/C16H16N2O3/c1-17-16(20)21-14-9-7-12(8-10-14)15-6-2-4-13(18-15)5-3-11-19/h2,4,6-11H,3,5H2,1H3,(H,17,20). The van der Waals surface area contributed by atoms with Crippen LogP contribution in [0.3, 0.4) is 0 Å². The molecule has 0 spiro atoms. The van der Waals surface area contributed by atoms with Crippen LogP contribution in [-0.4, -0.2) is 24.4 Å². The highest BCUT2D eigenvalue weighted by Gasteiger charge is 2.04. The van der Waals surface area contributed by atoms with Gasteiger partial charge in [0.15, 0.2) is 0 Å². The van der Waals surface area contributed by atoms with Gasteiger partial charge in [-0.1, -0.05) is 6.07 Å². The minimum Gasteiger partial charge on any atom is -0.410 e. The van der Waals surface area contributed by atoms with Crippen molar-refractivity contribution >= 4 is 12.4 Å². The van der Waals surface area contributed by atoms with E-state index in [-0.39, 0.29) is 0 Å². The third-order valence-electron chi connectivity index (χ3n) is 2.89. The Morgan fingerprint density at radius 1 is 1.24 bits per heavy atom. The van der Waals surface area contributed by atoms with E-state index in [0.29, 0.717) is 18.6 Å². The van der Waals surface area contributed by atoms with E-state index in [4.69, 9.17) is 4.74 Å². The van der Waals surface area contributed by atoms with Crippen LogP contribution in [0.1, 0.15) is 12.1 Å². The van der Waals surface area contributed by atoms with Gasteiger partial charge in [-0.15, -0.1) is 0 Å². The number of aromatic nitrogens is 1. The summed E-state index contributed by atoms with van der Waals surface area (Å²) in [6.45, 7) is 0. The van der Waals surface area contributed by atoms with E-state index in [1.54, 1.807) is 12.1 Å². The molecule has 0 aliphatic heterocycles. The van der Waals surface area contributed by atoms with Gasteiger partial charge in [-0.2, -0.15) is 0 Å². The summed E-state index contributed by atoms with van der Waals surface area (Å²) in [4.78, 5) is 26.0. The Hall–Kier alpha value is -2.69. The Labute approximate surface area is 123 Å². The molecule has 0 aliphatic carbocycles. The molecule has 0 saturated carbocycles. The molecule has 5 heteroatoms. The summed E-state index contributed by atoms with van der Waals surface area (Å²) in [5, 5.41) is 2.38. The Kier molecular flexibility index (Phi) is 5.04. The first-order valence-electron chi connectivity index (χ1n) is 6.62. The zero-order valence-corrected chi connectivity index (χ0v) is 11.7. The molecular formula is C16H16N2O3. The molecule has 21 heavy (non-hydrogen) atoms. The normalized spacial score (nSPS) is 9.95. The fraction of sp³-hybridized carbons (Fsp3) is 0.188. The summed E-state index contributed by atoms with van der Waals surface area (Å²) in [5.41, 5.74) is 2.63. The summed E-state index contributed by atoms with van der Waals surface area (Å²) in [7, 11) is 1.51. The van der Waals surface area contributed by atoms with E-state index in [1.165, 1.54) is 7.05 Å². The van der Waals surface area contributed by atoms with E-state index in [1.807, 2.05) is 30.3 Å². The number of benzene rings is 1. The van der Waals surface area contributed by atoms with Crippen molar-refractivity contribution in [3.8, 4) is 17.0 Å². The van der Waals surface area contributed by atoms with E-state index < -0.39 is 6.09 Å². The minimum atomic E-state index is -0.503. The topological polar surface area (TPSA) is 68.3 Å². The van der Waals surface area contributed by atoms with Crippen LogP contribution in [0.25, 0.3) is 11.3 Å². The van der Waals surface area contributed by atoms with Gasteiger partial charge in [0.25, 0.3) is 0 Å². The number of ether oxygens (including phenoxy) is 1. The molecule has 1 amide bonds. The number of hydrogen-bond acceptors (Lipinski definition) is 4. The van der Waals surface area contributed by atoms with Crippen LogP contribution in [-0.2, 0) is 11.2 Å². The number of carbonyl (C=O) groups is 2. The minimum absolute atomic E-state index is 0.468. The van der Waals surface area contributed by atoms with Crippen LogP contribution in [0.5, 0.6) is 5.75 Å². The van der Waals surface area contributed by atoms with Gasteiger partial charge in [-0.25, -0.2) is 4.79 Å². The molecular weight excluding hydrogens is 268 g/mol. The maximum Gasteiger partial charge on any atom is 0.412 e. The van der Waals surface area contributed by atoms with Crippen molar-refractivity contribution in [2.45, 2.75) is 12.8 Å². The highest BCUT2D eigenvalue weighted by Crippen LogP contribution is 2.21. The molecule has 0 aliphatic rings. The summed E-state index contributed by atoms with van der Waals surface area (Å²) in [6, 6.07) is 12.8. The summed E-state index contributed by atoms with van der Waals surface area (Å²) in [5.74, 6) is 0.468. The van der Waals surface area contributed by atoms with Crippen LogP contribution in [0, 0.1) is 0 Å². The van der Waals surface area contributed by atoms with Gasteiger partial charge in [-0.05, 0) is 42.8 Å². The lowest BCUT2D eigenvalue weighted by Crippen LogP contribution is -2.21. The van der Waals surface area contributed by atoms with Gasteiger partial charge in [0.1, 0.15) is 12.0 Å². The van der Waals surface area contributed by atoms with Crippen LogP contribution in [0.15, 0.2) is 42.5 Å². The fourth-order valence-corrected chi connectivity index (χ4v) is 1.84. The average Bonchev–Trinajstić information content (AvgIpc) is 2.53. The zero-order chi connectivity index (χ0) is 15.1. The van der Waals surface area contributed by atoms with E-state index in [9.17, 15) is 9.59 Å². The van der Waals surface area contributed by atoms with Gasteiger partial charge < -0.3 is 14.8 Å². The van der Waals surface area contributed by atoms with Crippen molar-refractivity contribution in [2.24, 2.45) is 0 Å².